The number of carbonyl (C=O) groups excluding carboxylic acids is 2. The van der Waals surface area contributed by atoms with Crippen LogP contribution in [0.25, 0.3) is 0 Å². The van der Waals surface area contributed by atoms with Crippen LogP contribution in [0.15, 0.2) is 12.2 Å². The van der Waals surface area contributed by atoms with Crippen LogP contribution in [-0.2, 0) is 9.59 Å². The van der Waals surface area contributed by atoms with Crippen molar-refractivity contribution in [2.45, 2.75) is 74.8 Å². The lowest BCUT2D eigenvalue weighted by Crippen LogP contribution is -2.48. The first-order valence-corrected chi connectivity index (χ1v) is 9.21. The molecule has 1 aliphatic carbocycles. The molecule has 4 atom stereocenters. The molecule has 2 rings (SSSR count). The second-order valence-corrected chi connectivity index (χ2v) is 10.9. The lowest BCUT2D eigenvalue weighted by Gasteiger charge is -2.47. The highest BCUT2D eigenvalue weighted by Crippen LogP contribution is 2.59. The van der Waals surface area contributed by atoms with Gasteiger partial charge in [0.05, 0.1) is 0 Å². The molecule has 0 aromatic heterocycles. The van der Waals surface area contributed by atoms with E-state index in [-0.39, 0.29) is 34.1 Å². The first-order chi connectivity index (χ1) is 10.7. The van der Waals surface area contributed by atoms with Gasteiger partial charge in [-0.15, -0.1) is 0 Å². The highest BCUT2D eigenvalue weighted by molar-refractivity contribution is 6.13. The molecule has 136 valence electrons. The molecule has 0 aromatic rings. The van der Waals surface area contributed by atoms with E-state index in [1.807, 2.05) is 0 Å². The summed E-state index contributed by atoms with van der Waals surface area (Å²) in [6.45, 7) is 20.6. The van der Waals surface area contributed by atoms with E-state index in [1.54, 1.807) is 4.90 Å². The van der Waals surface area contributed by atoms with Crippen molar-refractivity contribution in [2.75, 3.05) is 0 Å². The van der Waals surface area contributed by atoms with Gasteiger partial charge >= 0.3 is 0 Å². The van der Waals surface area contributed by atoms with E-state index in [4.69, 9.17) is 0 Å². The quantitative estimate of drug-likeness (QED) is 0.654. The van der Waals surface area contributed by atoms with Crippen molar-refractivity contribution in [1.82, 2.24) is 4.90 Å². The second kappa shape index (κ2) is 5.71. The summed E-state index contributed by atoms with van der Waals surface area (Å²) >= 11 is 0. The van der Waals surface area contributed by atoms with Crippen LogP contribution in [0.4, 0.5) is 0 Å². The Kier molecular flexibility index (Phi) is 4.57. The highest BCUT2D eigenvalue weighted by Gasteiger charge is 2.57. The second-order valence-electron chi connectivity index (χ2n) is 10.9. The van der Waals surface area contributed by atoms with Gasteiger partial charge in [-0.3, -0.25) is 14.5 Å². The van der Waals surface area contributed by atoms with Crippen molar-refractivity contribution >= 4 is 11.8 Å². The minimum Gasteiger partial charge on any atom is -0.272 e. The molecule has 0 unspecified atom stereocenters. The molecule has 1 heterocycles. The molecule has 0 bridgehead atoms. The summed E-state index contributed by atoms with van der Waals surface area (Å²) in [5.41, 5.74) is 0.311. The van der Waals surface area contributed by atoms with Crippen molar-refractivity contribution in [3.05, 3.63) is 12.2 Å². The van der Waals surface area contributed by atoms with Crippen LogP contribution < -0.4 is 0 Å². The fourth-order valence-electron chi connectivity index (χ4n) is 5.20. The van der Waals surface area contributed by atoms with Crippen LogP contribution in [0.5, 0.6) is 0 Å². The Bertz CT molecular complexity index is 536. The number of carbonyl (C=O) groups is 2. The smallest absolute Gasteiger partial charge is 0.253 e. The fourth-order valence-corrected chi connectivity index (χ4v) is 5.20. The van der Waals surface area contributed by atoms with Gasteiger partial charge in [-0.1, -0.05) is 62.3 Å². The van der Waals surface area contributed by atoms with Crippen LogP contribution in [0, 0.1) is 34.0 Å². The molecule has 1 fully saturated rings. The summed E-state index contributed by atoms with van der Waals surface area (Å²) in [5.74, 6) is 0.967. The summed E-state index contributed by atoms with van der Waals surface area (Å²) in [7, 11) is 0. The van der Waals surface area contributed by atoms with Crippen molar-refractivity contribution in [2.24, 2.45) is 34.0 Å². The Balaban J connectivity index is 2.55. The van der Waals surface area contributed by atoms with Gasteiger partial charge in [0.1, 0.15) is 0 Å². The Hall–Kier alpha value is -1.12. The molecule has 0 N–H and O–H groups in total. The third-order valence-electron chi connectivity index (χ3n) is 6.02. The number of imide groups is 1. The molecule has 0 saturated heterocycles. The van der Waals surface area contributed by atoms with E-state index in [1.165, 1.54) is 12.2 Å². The van der Waals surface area contributed by atoms with Gasteiger partial charge in [-0.25, -0.2) is 0 Å². The minimum absolute atomic E-state index is 0.00606. The number of hydrogen-bond donors (Lipinski definition) is 0. The van der Waals surface area contributed by atoms with Crippen LogP contribution in [0.2, 0.25) is 0 Å². The normalized spacial score (nSPS) is 32.1. The molecule has 0 aromatic carbocycles. The zero-order chi connectivity index (χ0) is 18.7. The lowest BCUT2D eigenvalue weighted by molar-refractivity contribution is -0.141. The largest absolute Gasteiger partial charge is 0.272 e. The topological polar surface area (TPSA) is 37.4 Å². The van der Waals surface area contributed by atoms with Crippen molar-refractivity contribution in [1.29, 1.82) is 0 Å². The highest BCUT2D eigenvalue weighted by atomic mass is 16.2. The monoisotopic (exact) mass is 333 g/mol. The SMILES string of the molecule is CC(C)(C)[C@@H]1[C@@H](C(C)(C)C)[C@@H](C(C)(C)C)C[C@@H]1N1C(=O)C=CC1=O. The zero-order valence-electron chi connectivity index (χ0n) is 16.9. The summed E-state index contributed by atoms with van der Waals surface area (Å²) in [4.78, 5) is 26.3. The van der Waals surface area contributed by atoms with Crippen molar-refractivity contribution < 1.29 is 9.59 Å². The van der Waals surface area contributed by atoms with Crippen LogP contribution in [-0.4, -0.2) is 22.8 Å². The summed E-state index contributed by atoms with van der Waals surface area (Å²) in [6.07, 6.45) is 3.77. The summed E-state index contributed by atoms with van der Waals surface area (Å²) in [6, 6.07) is -0.00606. The molecule has 24 heavy (non-hydrogen) atoms. The Labute approximate surface area is 147 Å². The fraction of sp³-hybridized carbons (Fsp3) is 0.810. The molecule has 0 spiro atoms. The first-order valence-electron chi connectivity index (χ1n) is 9.21. The third-order valence-corrected chi connectivity index (χ3v) is 6.02. The predicted octanol–water partition coefficient (Wildman–Crippen LogP) is 4.67. The number of amides is 2. The number of rotatable bonds is 1. The maximum Gasteiger partial charge on any atom is 0.253 e. The Morgan fingerprint density at radius 2 is 1.17 bits per heavy atom. The summed E-state index contributed by atoms with van der Waals surface area (Å²) < 4.78 is 0. The van der Waals surface area contributed by atoms with Gasteiger partial charge in [0.15, 0.2) is 0 Å². The maximum atomic E-state index is 12.4. The van der Waals surface area contributed by atoms with Gasteiger partial charge < -0.3 is 0 Å². The predicted molar refractivity (Wildman–Crippen MR) is 98.2 cm³/mol. The van der Waals surface area contributed by atoms with Gasteiger partial charge in [0.2, 0.25) is 0 Å². The molecule has 2 amide bonds. The van der Waals surface area contributed by atoms with E-state index >= 15 is 0 Å². The first kappa shape index (κ1) is 19.2. The molecular weight excluding hydrogens is 298 g/mol. The third kappa shape index (κ3) is 3.32. The Morgan fingerprint density at radius 3 is 1.50 bits per heavy atom. The number of hydrogen-bond acceptors (Lipinski definition) is 2. The van der Waals surface area contributed by atoms with Crippen LogP contribution >= 0.6 is 0 Å². The standard InChI is InChI=1S/C21H35NO2/c1-19(2,3)13-12-14(22-15(23)10-11-16(22)24)18(21(7,8)9)17(13)20(4,5)6/h10-11,13-14,17-18H,12H2,1-9H3/t13-,14-,17-,18-/m0/s1. The van der Waals surface area contributed by atoms with E-state index in [0.29, 0.717) is 17.8 Å². The van der Waals surface area contributed by atoms with E-state index in [9.17, 15) is 9.59 Å². The number of nitrogens with zero attached hydrogens (tertiary/aromatic N) is 1. The summed E-state index contributed by atoms with van der Waals surface area (Å²) in [5, 5.41) is 0. The maximum absolute atomic E-state index is 12.4. The Morgan fingerprint density at radius 1 is 0.750 bits per heavy atom. The minimum atomic E-state index is -0.138. The molecule has 3 nitrogen and oxygen atoms in total. The average Bonchev–Trinajstić information content (AvgIpc) is 2.88. The molecule has 1 aliphatic heterocycles. The van der Waals surface area contributed by atoms with E-state index in [2.05, 4.69) is 62.3 Å². The van der Waals surface area contributed by atoms with E-state index < -0.39 is 0 Å². The van der Waals surface area contributed by atoms with Crippen molar-refractivity contribution in [3.63, 3.8) is 0 Å². The molecule has 2 aliphatic rings. The van der Waals surface area contributed by atoms with Gasteiger partial charge in [0.25, 0.3) is 11.8 Å². The molecule has 1 saturated carbocycles. The molecule has 0 radical (unpaired) electrons. The lowest BCUT2D eigenvalue weighted by atomic mass is 9.59. The average molecular weight is 334 g/mol. The van der Waals surface area contributed by atoms with Gasteiger partial charge in [-0.2, -0.15) is 0 Å². The van der Waals surface area contributed by atoms with Gasteiger partial charge in [-0.05, 0) is 40.4 Å². The van der Waals surface area contributed by atoms with Crippen LogP contribution in [0.3, 0.4) is 0 Å². The molecule has 3 heteroatoms. The van der Waals surface area contributed by atoms with Crippen LogP contribution in [0.1, 0.15) is 68.7 Å². The molecular formula is C21H35NO2. The van der Waals surface area contributed by atoms with Gasteiger partial charge in [0, 0.05) is 18.2 Å². The van der Waals surface area contributed by atoms with E-state index in [0.717, 1.165) is 6.42 Å². The van der Waals surface area contributed by atoms with Crippen molar-refractivity contribution in [3.8, 4) is 0 Å². The zero-order valence-corrected chi connectivity index (χ0v) is 16.9.